The predicted octanol–water partition coefficient (Wildman–Crippen LogP) is -2.27. The Hall–Kier alpha value is -1.47. The van der Waals surface area contributed by atoms with Crippen LogP contribution in [-0.4, -0.2) is 194 Å². The van der Waals surface area contributed by atoms with Crippen LogP contribution < -0.4 is 0 Å². The second-order valence-electron chi connectivity index (χ2n) is 19.5. The van der Waals surface area contributed by atoms with Crippen molar-refractivity contribution in [2.24, 2.45) is 34.5 Å². The van der Waals surface area contributed by atoms with Gasteiger partial charge in [-0.25, -0.2) is 4.79 Å². The minimum Gasteiger partial charge on any atom is -0.458 e. The van der Waals surface area contributed by atoms with Crippen molar-refractivity contribution in [1.29, 1.82) is 0 Å². The van der Waals surface area contributed by atoms with Crippen LogP contribution in [0.4, 0.5) is 0 Å². The van der Waals surface area contributed by atoms with Crippen LogP contribution in [0.5, 0.6) is 0 Å². The van der Waals surface area contributed by atoms with Gasteiger partial charge in [0.25, 0.3) is 0 Å². The van der Waals surface area contributed by atoms with Crippen molar-refractivity contribution >= 4 is 5.97 Å². The van der Waals surface area contributed by atoms with Gasteiger partial charge in [-0.3, -0.25) is 0 Å². The second-order valence-corrected chi connectivity index (χ2v) is 19.5. The molecule has 4 aliphatic carbocycles. The first-order chi connectivity index (χ1) is 28.9. The average Bonchev–Trinajstić information content (AvgIpc) is 3.74. The first-order valence-corrected chi connectivity index (χ1v) is 21.9. The molecule has 0 bridgehead atoms. The summed E-state index contributed by atoms with van der Waals surface area (Å²) in [6, 6.07) is 0. The molecular weight excluding hydrogens is 808 g/mol. The lowest BCUT2D eigenvalue weighted by molar-refractivity contribution is -0.367. The number of cyclic esters (lactones) is 1. The lowest BCUT2D eigenvalue weighted by Gasteiger charge is -2.63. The van der Waals surface area contributed by atoms with Crippen LogP contribution >= 0.6 is 0 Å². The Bertz CT molecular complexity index is 1600. The number of aliphatic hydroxyl groups is 10. The van der Waals surface area contributed by atoms with E-state index < -0.39 is 128 Å². The lowest BCUT2D eigenvalue weighted by atomic mass is 9.43. The monoisotopic (exact) mass is 874 g/mol. The molecule has 7 fully saturated rings. The molecule has 0 unspecified atom stereocenters. The molecule has 4 saturated carbocycles. The van der Waals surface area contributed by atoms with E-state index in [2.05, 4.69) is 13.8 Å². The zero-order valence-electron chi connectivity index (χ0n) is 35.1. The van der Waals surface area contributed by atoms with Crippen molar-refractivity contribution in [3.63, 3.8) is 0 Å². The van der Waals surface area contributed by atoms with Crippen LogP contribution in [0, 0.1) is 34.5 Å². The van der Waals surface area contributed by atoms with Gasteiger partial charge >= 0.3 is 5.97 Å². The van der Waals surface area contributed by atoms with Crippen LogP contribution in [0.1, 0.15) is 72.1 Å². The Morgan fingerprint density at radius 2 is 1.43 bits per heavy atom. The number of aliphatic hydroxyl groups excluding tert-OH is 9. The van der Waals surface area contributed by atoms with Crippen molar-refractivity contribution in [3.05, 3.63) is 11.6 Å². The zero-order valence-corrected chi connectivity index (χ0v) is 35.1. The van der Waals surface area contributed by atoms with Gasteiger partial charge in [0.15, 0.2) is 18.9 Å². The third-order valence-electron chi connectivity index (χ3n) is 16.5. The fourth-order valence-electron chi connectivity index (χ4n) is 13.0. The van der Waals surface area contributed by atoms with E-state index in [-0.39, 0.29) is 48.2 Å². The highest BCUT2D eigenvalue weighted by atomic mass is 16.8. The average molecular weight is 875 g/mol. The molecule has 8 rings (SSSR count). The normalized spacial score (nSPS) is 55.0. The lowest BCUT2D eigenvalue weighted by Crippen LogP contribution is -2.65. The summed E-state index contributed by atoms with van der Waals surface area (Å²) < 4.78 is 46.5. The van der Waals surface area contributed by atoms with Crippen molar-refractivity contribution in [2.45, 2.75) is 182 Å². The molecule has 8 aliphatic rings. The van der Waals surface area contributed by atoms with E-state index in [4.69, 9.17) is 37.9 Å². The van der Waals surface area contributed by atoms with E-state index in [0.29, 0.717) is 6.42 Å². The van der Waals surface area contributed by atoms with Gasteiger partial charge in [0.2, 0.25) is 0 Å². The van der Waals surface area contributed by atoms with Crippen LogP contribution in [0.3, 0.4) is 0 Å². The van der Waals surface area contributed by atoms with E-state index in [1.54, 1.807) is 6.92 Å². The maximum Gasteiger partial charge on any atom is 0.331 e. The standard InChI is InChI=1S/C42H66O19/c1-17-35(61-38-33(51)31(49)29(47)25(60-38)16-56-37-32(50)30(48)28(46)24(14-43)59-37)36(54-4)34(52)39(57-17)58-20-7-9-40(2)19(12-20)5-6-22-21(40)8-10-41(3)27(18-11-26(45)55-15-18)23(44)13-42(22,41)53/h11,17,19-25,27-39,43-44,46-53H,5-10,12-16H2,1-4H3/t17-,19+,20-,21+,22+,23-,24-,25-,27-,28-,29-,30+,31+,32-,33-,34-,35-,36-,37-,38+,39+,40-,41+,42-/m0/s1. The number of methoxy groups -OCH3 is 1. The third-order valence-corrected chi connectivity index (χ3v) is 16.5. The fraction of sp³-hybridized carbons (Fsp3) is 0.929. The molecule has 0 amide bonds. The van der Waals surface area contributed by atoms with Crippen LogP contribution in [0.15, 0.2) is 11.6 Å². The number of fused-ring (bicyclic) bond motifs is 5. The van der Waals surface area contributed by atoms with E-state index in [1.165, 1.54) is 13.2 Å². The van der Waals surface area contributed by atoms with Crippen molar-refractivity contribution in [3.8, 4) is 0 Å². The summed E-state index contributed by atoms with van der Waals surface area (Å²) in [5.74, 6) is -0.235. The predicted molar refractivity (Wildman–Crippen MR) is 204 cm³/mol. The Balaban J connectivity index is 0.880. The minimum atomic E-state index is -1.78. The Kier molecular flexibility index (Phi) is 13.1. The summed E-state index contributed by atoms with van der Waals surface area (Å²) in [4.78, 5) is 12.0. The molecule has 4 heterocycles. The molecule has 3 saturated heterocycles. The van der Waals surface area contributed by atoms with Crippen LogP contribution in [-0.2, 0) is 42.7 Å². The molecule has 348 valence electrons. The smallest absolute Gasteiger partial charge is 0.331 e. The van der Waals surface area contributed by atoms with E-state index in [1.807, 2.05) is 0 Å². The van der Waals surface area contributed by atoms with E-state index in [9.17, 15) is 55.9 Å². The zero-order chi connectivity index (χ0) is 43.9. The number of carbonyl (C=O) groups excluding carboxylic acids is 1. The first kappa shape index (κ1) is 46.1. The summed E-state index contributed by atoms with van der Waals surface area (Å²) in [6.45, 7) is 5.01. The van der Waals surface area contributed by atoms with Crippen molar-refractivity contribution in [2.75, 3.05) is 26.9 Å². The van der Waals surface area contributed by atoms with Crippen molar-refractivity contribution < 1.29 is 93.8 Å². The van der Waals surface area contributed by atoms with Crippen LogP contribution in [0.25, 0.3) is 0 Å². The van der Waals surface area contributed by atoms with Gasteiger partial charge in [0.05, 0.1) is 37.1 Å². The van der Waals surface area contributed by atoms with Gasteiger partial charge in [-0.05, 0) is 80.6 Å². The maximum absolute atomic E-state index is 12.6. The largest absolute Gasteiger partial charge is 0.458 e. The molecule has 10 N–H and O–H groups in total. The number of esters is 1. The topological polar surface area (TPSA) is 293 Å². The van der Waals surface area contributed by atoms with Gasteiger partial charge in [-0.15, -0.1) is 0 Å². The van der Waals surface area contributed by atoms with E-state index >= 15 is 0 Å². The van der Waals surface area contributed by atoms with Crippen molar-refractivity contribution in [1.82, 2.24) is 0 Å². The number of hydrogen-bond donors (Lipinski definition) is 10. The number of carbonyl (C=O) groups is 1. The maximum atomic E-state index is 12.6. The highest BCUT2D eigenvalue weighted by molar-refractivity contribution is 5.85. The molecule has 0 radical (unpaired) electrons. The van der Waals surface area contributed by atoms with Gasteiger partial charge in [0, 0.05) is 30.9 Å². The quantitative estimate of drug-likeness (QED) is 0.0818. The Morgan fingerprint density at radius 3 is 2.10 bits per heavy atom. The summed E-state index contributed by atoms with van der Waals surface area (Å²) in [5.41, 5.74) is -0.986. The first-order valence-electron chi connectivity index (χ1n) is 21.9. The second kappa shape index (κ2) is 17.4. The Labute approximate surface area is 354 Å². The summed E-state index contributed by atoms with van der Waals surface area (Å²) in [5, 5.41) is 108. The molecule has 4 aliphatic heterocycles. The molecule has 19 nitrogen and oxygen atoms in total. The third kappa shape index (κ3) is 7.73. The molecule has 0 spiro atoms. The Morgan fingerprint density at radius 1 is 0.754 bits per heavy atom. The van der Waals surface area contributed by atoms with Gasteiger partial charge in [-0.1, -0.05) is 13.8 Å². The highest BCUT2D eigenvalue weighted by Gasteiger charge is 2.70. The number of hydrogen-bond acceptors (Lipinski definition) is 19. The minimum absolute atomic E-state index is 0.00622. The highest BCUT2D eigenvalue weighted by Crippen LogP contribution is 2.70. The van der Waals surface area contributed by atoms with E-state index in [0.717, 1.165) is 44.1 Å². The number of ether oxygens (including phenoxy) is 8. The number of rotatable bonds is 10. The molecule has 0 aromatic carbocycles. The van der Waals surface area contributed by atoms with Crippen LogP contribution in [0.2, 0.25) is 0 Å². The van der Waals surface area contributed by atoms with Gasteiger partial charge in [-0.2, -0.15) is 0 Å². The SMILES string of the molecule is CO[C@H]1[C@H](O)[C@@H](O[C@H]2CC[C@@]3(C)[C@H](CC[C@@H]4[C@H]3CC[C@]3(C)[C@@H](C5=CC(=O)OC5)[C@@H](O)C[C@]43O)C2)O[C@@H](C)[C@@H]1O[C@H]1O[C@@H](CO[C@H]2O[C@@H](CO)[C@H](O)[C@@H](O)[C@@H]2O)[C@H](O)[C@@H](O)[C@@H]1O. The molecular formula is C42H66O19. The van der Waals surface area contributed by atoms with Gasteiger partial charge < -0.3 is 89.0 Å². The molecule has 0 aromatic heterocycles. The summed E-state index contributed by atoms with van der Waals surface area (Å²) >= 11 is 0. The molecule has 0 aromatic rings. The fourth-order valence-corrected chi connectivity index (χ4v) is 13.0. The molecule has 24 atom stereocenters. The summed E-state index contributed by atoms with van der Waals surface area (Å²) in [7, 11) is 1.38. The molecule has 19 heteroatoms. The van der Waals surface area contributed by atoms with Gasteiger partial charge in [0.1, 0.15) is 73.8 Å². The molecule has 61 heavy (non-hydrogen) atoms. The summed E-state index contributed by atoms with van der Waals surface area (Å²) in [6.07, 6.45) is -15.1.